The van der Waals surface area contributed by atoms with Crippen molar-refractivity contribution in [1.82, 2.24) is 4.90 Å². The number of methoxy groups -OCH3 is 4. The van der Waals surface area contributed by atoms with Crippen molar-refractivity contribution in [2.75, 3.05) is 48.1 Å². The first kappa shape index (κ1) is 34.0. The summed E-state index contributed by atoms with van der Waals surface area (Å²) >= 11 is 0. The predicted molar refractivity (Wildman–Crippen MR) is 156 cm³/mol. The van der Waals surface area contributed by atoms with Crippen molar-refractivity contribution in [2.24, 2.45) is 29.1 Å². The van der Waals surface area contributed by atoms with Crippen LogP contribution in [-0.4, -0.2) is 134 Å². The molecule has 12 heteroatoms. The summed E-state index contributed by atoms with van der Waals surface area (Å²) in [6.45, 7) is 6.63. The molecular formula is C32H53NO11. The van der Waals surface area contributed by atoms with Crippen LogP contribution >= 0.6 is 0 Å². The molecule has 1 aliphatic heterocycles. The summed E-state index contributed by atoms with van der Waals surface area (Å²) in [7, 11) is 6.28. The highest BCUT2D eigenvalue weighted by atomic mass is 16.6. The molecule has 252 valence electrons. The lowest BCUT2D eigenvalue weighted by Crippen LogP contribution is -2.78. The van der Waals surface area contributed by atoms with Gasteiger partial charge in [0.2, 0.25) is 0 Å². The lowest BCUT2D eigenvalue weighted by molar-refractivity contribution is -0.313. The van der Waals surface area contributed by atoms with Gasteiger partial charge in [0.05, 0.1) is 24.9 Å². The summed E-state index contributed by atoms with van der Waals surface area (Å²) in [5.74, 6) is -2.98. The second-order valence-corrected chi connectivity index (χ2v) is 13.9. The zero-order chi connectivity index (χ0) is 32.2. The number of fused-ring (bicyclic) bond motifs is 4. The third kappa shape index (κ3) is 4.85. The van der Waals surface area contributed by atoms with E-state index in [0.29, 0.717) is 38.8 Å². The van der Waals surface area contributed by atoms with Gasteiger partial charge in [-0.1, -0.05) is 13.8 Å². The van der Waals surface area contributed by atoms with Gasteiger partial charge >= 0.3 is 11.9 Å². The number of hydrogen-bond acceptors (Lipinski definition) is 12. The first-order valence-corrected chi connectivity index (χ1v) is 16.2. The molecule has 3 N–H and O–H groups in total. The van der Waals surface area contributed by atoms with Crippen molar-refractivity contribution >= 4 is 11.9 Å². The second kappa shape index (κ2) is 12.7. The van der Waals surface area contributed by atoms with Crippen LogP contribution in [0.4, 0.5) is 0 Å². The van der Waals surface area contributed by atoms with Gasteiger partial charge in [-0.15, -0.1) is 0 Å². The first-order chi connectivity index (χ1) is 20.9. The Hall–Kier alpha value is -1.38. The number of carbonyl (C=O) groups excluding carboxylic acids is 2. The minimum Gasteiger partial charge on any atom is -0.459 e. The molecule has 44 heavy (non-hydrogen) atoms. The molecule has 1 saturated heterocycles. The Morgan fingerprint density at radius 1 is 0.955 bits per heavy atom. The molecule has 0 aromatic carbocycles. The highest BCUT2D eigenvalue weighted by molar-refractivity contribution is 5.70. The largest absolute Gasteiger partial charge is 0.459 e. The Bertz CT molecular complexity index is 1060. The Labute approximate surface area is 260 Å². The summed E-state index contributed by atoms with van der Waals surface area (Å²) in [6, 6.07) is -0.266. The van der Waals surface area contributed by atoms with E-state index < -0.39 is 70.9 Å². The number of likely N-dealkylation sites (tertiary alicyclic amines) is 1. The first-order valence-electron chi connectivity index (χ1n) is 16.2. The number of ether oxygens (including phenoxy) is 6. The SMILES string of the molecule is CCCC(=O)OC1C2C3CC4C(C(OC)C5CC(OC)CC(O)C5(COC)CN4CC)C2(OC(C)=O)C(O)C(OC)C1(O)C3. The van der Waals surface area contributed by atoms with Gasteiger partial charge in [-0.3, -0.25) is 14.5 Å². The van der Waals surface area contributed by atoms with Crippen LogP contribution in [-0.2, 0) is 38.0 Å². The van der Waals surface area contributed by atoms with Gasteiger partial charge in [0, 0.05) is 78.0 Å². The molecule has 0 aromatic heterocycles. The Balaban J connectivity index is 1.76. The fraction of sp³-hybridized carbons (Fsp3) is 0.938. The second-order valence-electron chi connectivity index (χ2n) is 13.9. The number of hydrogen-bond donors (Lipinski definition) is 3. The fourth-order valence-corrected chi connectivity index (χ4v) is 10.6. The molecule has 2 bridgehead atoms. The Morgan fingerprint density at radius 2 is 1.68 bits per heavy atom. The normalized spacial score (nSPS) is 48.2. The molecule has 0 spiro atoms. The summed E-state index contributed by atoms with van der Waals surface area (Å²) in [4.78, 5) is 28.5. The Kier molecular flexibility index (Phi) is 9.78. The molecule has 5 aliphatic rings. The molecule has 14 unspecified atom stereocenters. The number of aliphatic hydroxyl groups excluding tert-OH is 2. The van der Waals surface area contributed by atoms with Crippen LogP contribution in [0.5, 0.6) is 0 Å². The summed E-state index contributed by atoms with van der Waals surface area (Å²) in [5, 5.41) is 36.5. The summed E-state index contributed by atoms with van der Waals surface area (Å²) < 4.78 is 36.5. The molecule has 5 rings (SSSR count). The number of aliphatic hydroxyl groups is 3. The van der Waals surface area contributed by atoms with Gasteiger partial charge in [-0.25, -0.2) is 0 Å². The van der Waals surface area contributed by atoms with E-state index in [-0.39, 0.29) is 43.4 Å². The maximum atomic E-state index is 13.2. The van der Waals surface area contributed by atoms with Crippen LogP contribution < -0.4 is 0 Å². The lowest BCUT2D eigenvalue weighted by Gasteiger charge is -2.62. The molecule has 4 saturated carbocycles. The third-order valence-electron chi connectivity index (χ3n) is 12.0. The molecule has 14 atom stereocenters. The fourth-order valence-electron chi connectivity index (χ4n) is 10.6. The number of rotatable bonds is 10. The maximum Gasteiger partial charge on any atom is 0.306 e. The number of carbonyl (C=O) groups is 2. The standard InChI is InChI=1S/C32H53NO11/c1-8-10-23(36)43-28-24-18-11-21-25(32(24,44-17(3)34)27(37)29(42-7)31(28,38)14-18)26(41-6)20-12-19(40-5)13-22(35)30(20,16-39-4)15-33(21)9-2/h18-22,24-29,35,37-38H,8-16H2,1-7H3. The summed E-state index contributed by atoms with van der Waals surface area (Å²) in [5.41, 5.74) is -4.05. The summed E-state index contributed by atoms with van der Waals surface area (Å²) in [6.07, 6.45) is -2.84. The van der Waals surface area contributed by atoms with Crippen molar-refractivity contribution in [3.8, 4) is 0 Å². The van der Waals surface area contributed by atoms with Gasteiger partial charge in [-0.05, 0) is 44.1 Å². The molecule has 12 nitrogen and oxygen atoms in total. The maximum absolute atomic E-state index is 13.2. The van der Waals surface area contributed by atoms with Crippen molar-refractivity contribution in [3.05, 3.63) is 0 Å². The van der Waals surface area contributed by atoms with Crippen molar-refractivity contribution < 1.29 is 53.3 Å². The quantitative estimate of drug-likeness (QED) is 0.295. The monoisotopic (exact) mass is 627 g/mol. The average Bonchev–Trinajstić information content (AvgIpc) is 3.15. The molecule has 1 heterocycles. The topological polar surface area (TPSA) is 153 Å². The van der Waals surface area contributed by atoms with E-state index in [2.05, 4.69) is 11.8 Å². The highest BCUT2D eigenvalue weighted by Crippen LogP contribution is 2.66. The van der Waals surface area contributed by atoms with Crippen LogP contribution in [0.3, 0.4) is 0 Å². The van der Waals surface area contributed by atoms with Gasteiger partial charge in [0.15, 0.2) is 5.60 Å². The van der Waals surface area contributed by atoms with Crippen molar-refractivity contribution in [3.63, 3.8) is 0 Å². The molecule has 4 aliphatic carbocycles. The zero-order valence-electron chi connectivity index (χ0n) is 27.3. The van der Waals surface area contributed by atoms with E-state index in [1.165, 1.54) is 14.0 Å². The zero-order valence-corrected chi connectivity index (χ0v) is 27.3. The highest BCUT2D eigenvalue weighted by Gasteiger charge is 2.81. The molecule has 0 amide bonds. The minimum atomic E-state index is -1.68. The van der Waals surface area contributed by atoms with Gasteiger partial charge < -0.3 is 43.7 Å². The van der Waals surface area contributed by atoms with E-state index in [9.17, 15) is 24.9 Å². The smallest absolute Gasteiger partial charge is 0.306 e. The van der Waals surface area contributed by atoms with Crippen LogP contribution in [0, 0.1) is 29.1 Å². The number of esters is 2. The van der Waals surface area contributed by atoms with Crippen LogP contribution in [0.25, 0.3) is 0 Å². The van der Waals surface area contributed by atoms with Crippen molar-refractivity contribution in [1.29, 1.82) is 0 Å². The molecule has 0 aromatic rings. The molecular weight excluding hydrogens is 574 g/mol. The van der Waals surface area contributed by atoms with E-state index in [0.717, 1.165) is 0 Å². The van der Waals surface area contributed by atoms with E-state index in [1.54, 1.807) is 21.3 Å². The number of nitrogens with zero attached hydrogens (tertiary/aromatic N) is 1. The van der Waals surface area contributed by atoms with Crippen LogP contribution in [0.1, 0.15) is 59.3 Å². The van der Waals surface area contributed by atoms with Crippen LogP contribution in [0.15, 0.2) is 0 Å². The van der Waals surface area contributed by atoms with Crippen LogP contribution in [0.2, 0.25) is 0 Å². The predicted octanol–water partition coefficient (Wildman–Crippen LogP) is 0.915. The third-order valence-corrected chi connectivity index (χ3v) is 12.0. The molecule has 5 fully saturated rings. The van der Waals surface area contributed by atoms with Gasteiger partial charge in [0.1, 0.15) is 23.9 Å². The van der Waals surface area contributed by atoms with E-state index in [4.69, 9.17) is 28.4 Å². The average molecular weight is 628 g/mol. The van der Waals surface area contributed by atoms with E-state index in [1.807, 2.05) is 6.92 Å². The Morgan fingerprint density at radius 3 is 2.25 bits per heavy atom. The van der Waals surface area contributed by atoms with E-state index >= 15 is 0 Å². The minimum absolute atomic E-state index is 0.166. The van der Waals surface area contributed by atoms with Crippen molar-refractivity contribution in [2.45, 2.75) is 113 Å². The lowest BCUT2D eigenvalue weighted by atomic mass is 9.52. The van der Waals surface area contributed by atoms with Gasteiger partial charge in [-0.2, -0.15) is 0 Å². The molecule has 0 radical (unpaired) electrons. The van der Waals surface area contributed by atoms with Gasteiger partial charge in [0.25, 0.3) is 0 Å².